The van der Waals surface area contributed by atoms with E-state index in [1.54, 1.807) is 12.4 Å². The number of anilines is 1. The van der Waals surface area contributed by atoms with Gasteiger partial charge in [0.05, 0.1) is 12.7 Å². The van der Waals surface area contributed by atoms with Crippen LogP contribution in [0.5, 0.6) is 0 Å². The highest BCUT2D eigenvalue weighted by Crippen LogP contribution is 2.24. The van der Waals surface area contributed by atoms with Gasteiger partial charge in [-0.1, -0.05) is 12.1 Å². The number of amides is 2. The predicted octanol–water partition coefficient (Wildman–Crippen LogP) is 1.49. The van der Waals surface area contributed by atoms with Crippen LogP contribution in [0, 0.1) is 6.92 Å². The maximum absolute atomic E-state index is 12.2. The molecule has 1 aromatic carbocycles. The summed E-state index contributed by atoms with van der Waals surface area (Å²) in [5.74, 6) is -1.32. The lowest BCUT2D eigenvalue weighted by Crippen LogP contribution is -2.42. The van der Waals surface area contributed by atoms with Crippen LogP contribution in [0.4, 0.5) is 5.69 Å². The molecule has 3 N–H and O–H groups in total. The van der Waals surface area contributed by atoms with Crippen molar-refractivity contribution in [2.45, 2.75) is 19.4 Å². The number of nitrogens with one attached hydrogen (secondary N) is 3. The van der Waals surface area contributed by atoms with Crippen molar-refractivity contribution >= 4 is 17.5 Å². The SMILES string of the molecule is Cc1ccc(-c2ccncc2)cc1NC(=O)C(=O)NCCC1CNCCO1. The molecule has 1 atom stereocenters. The van der Waals surface area contributed by atoms with Crippen LogP contribution in [0.3, 0.4) is 0 Å². The first-order valence-electron chi connectivity index (χ1n) is 9.06. The van der Waals surface area contributed by atoms with E-state index < -0.39 is 11.8 Å². The van der Waals surface area contributed by atoms with Crippen LogP contribution in [0.25, 0.3) is 11.1 Å². The van der Waals surface area contributed by atoms with Crippen molar-refractivity contribution in [3.8, 4) is 11.1 Å². The quantitative estimate of drug-likeness (QED) is 0.696. The first kappa shape index (κ1) is 19.0. The fraction of sp³-hybridized carbons (Fsp3) is 0.350. The zero-order chi connectivity index (χ0) is 19.1. The number of rotatable bonds is 5. The molecule has 2 heterocycles. The normalized spacial score (nSPS) is 16.6. The second kappa shape index (κ2) is 9.25. The molecule has 7 nitrogen and oxygen atoms in total. The summed E-state index contributed by atoms with van der Waals surface area (Å²) < 4.78 is 5.57. The van der Waals surface area contributed by atoms with Gasteiger partial charge in [-0.2, -0.15) is 0 Å². The molecule has 1 aliphatic heterocycles. The molecule has 0 radical (unpaired) electrons. The Morgan fingerprint density at radius 3 is 2.74 bits per heavy atom. The second-order valence-electron chi connectivity index (χ2n) is 6.46. The lowest BCUT2D eigenvalue weighted by Gasteiger charge is -2.23. The number of hydrogen-bond donors (Lipinski definition) is 3. The predicted molar refractivity (Wildman–Crippen MR) is 103 cm³/mol. The van der Waals surface area contributed by atoms with Gasteiger partial charge in [0.15, 0.2) is 0 Å². The summed E-state index contributed by atoms with van der Waals surface area (Å²) in [6, 6.07) is 9.53. The summed E-state index contributed by atoms with van der Waals surface area (Å²) in [5.41, 5.74) is 3.44. The standard InChI is InChI=1S/C20H24N4O3/c1-14-2-3-16(15-4-7-21-8-5-15)12-18(14)24-20(26)19(25)23-9-6-17-13-22-10-11-27-17/h2-5,7-8,12,17,22H,6,9-11,13H2,1H3,(H,23,25)(H,24,26). The molecule has 1 aromatic heterocycles. The second-order valence-corrected chi connectivity index (χ2v) is 6.46. The van der Waals surface area contributed by atoms with Crippen molar-refractivity contribution in [1.82, 2.24) is 15.6 Å². The third kappa shape index (κ3) is 5.35. The van der Waals surface area contributed by atoms with E-state index in [2.05, 4.69) is 20.9 Å². The van der Waals surface area contributed by atoms with Crippen molar-refractivity contribution in [2.75, 3.05) is 31.6 Å². The fourth-order valence-corrected chi connectivity index (χ4v) is 2.89. The largest absolute Gasteiger partial charge is 0.376 e. The van der Waals surface area contributed by atoms with Gasteiger partial charge in [-0.15, -0.1) is 0 Å². The van der Waals surface area contributed by atoms with Crippen LogP contribution in [0.15, 0.2) is 42.7 Å². The van der Waals surface area contributed by atoms with Crippen molar-refractivity contribution in [1.29, 1.82) is 0 Å². The van der Waals surface area contributed by atoms with Gasteiger partial charge in [0.2, 0.25) is 0 Å². The first-order chi connectivity index (χ1) is 13.1. The van der Waals surface area contributed by atoms with Crippen LogP contribution in [0.1, 0.15) is 12.0 Å². The summed E-state index contributed by atoms with van der Waals surface area (Å²) >= 11 is 0. The Balaban J connectivity index is 1.55. The Morgan fingerprint density at radius 2 is 2.00 bits per heavy atom. The molecule has 27 heavy (non-hydrogen) atoms. The van der Waals surface area contributed by atoms with Crippen molar-refractivity contribution in [3.63, 3.8) is 0 Å². The summed E-state index contributed by atoms with van der Waals surface area (Å²) in [6.45, 7) is 4.57. The molecule has 3 rings (SSSR count). The number of pyridine rings is 1. The topological polar surface area (TPSA) is 92.4 Å². The summed E-state index contributed by atoms with van der Waals surface area (Å²) in [4.78, 5) is 28.3. The highest BCUT2D eigenvalue weighted by molar-refractivity contribution is 6.39. The Labute approximate surface area is 158 Å². The summed E-state index contributed by atoms with van der Waals surface area (Å²) in [6.07, 6.45) is 4.17. The van der Waals surface area contributed by atoms with Crippen LogP contribution in [-0.4, -0.2) is 49.1 Å². The van der Waals surface area contributed by atoms with Gasteiger partial charge in [0.1, 0.15) is 0 Å². The zero-order valence-electron chi connectivity index (χ0n) is 15.3. The van der Waals surface area contributed by atoms with Gasteiger partial charge >= 0.3 is 11.8 Å². The number of carbonyl (C=O) groups is 2. The fourth-order valence-electron chi connectivity index (χ4n) is 2.89. The number of hydrogen-bond acceptors (Lipinski definition) is 5. The number of ether oxygens (including phenoxy) is 1. The maximum Gasteiger partial charge on any atom is 0.313 e. The van der Waals surface area contributed by atoms with E-state index in [4.69, 9.17) is 4.74 Å². The van der Waals surface area contributed by atoms with E-state index in [1.807, 2.05) is 37.3 Å². The average Bonchev–Trinajstić information content (AvgIpc) is 2.71. The summed E-state index contributed by atoms with van der Waals surface area (Å²) in [5, 5.41) is 8.58. The minimum Gasteiger partial charge on any atom is -0.376 e. The van der Waals surface area contributed by atoms with E-state index >= 15 is 0 Å². The molecule has 7 heteroatoms. The molecule has 0 bridgehead atoms. The van der Waals surface area contributed by atoms with E-state index in [1.165, 1.54) is 0 Å². The summed E-state index contributed by atoms with van der Waals surface area (Å²) in [7, 11) is 0. The lowest BCUT2D eigenvalue weighted by atomic mass is 10.0. The van der Waals surface area contributed by atoms with Crippen LogP contribution < -0.4 is 16.0 Å². The number of morpholine rings is 1. The third-order valence-electron chi connectivity index (χ3n) is 4.46. The maximum atomic E-state index is 12.2. The molecule has 1 fully saturated rings. The average molecular weight is 368 g/mol. The number of aryl methyl sites for hydroxylation is 1. The molecule has 0 spiro atoms. The van der Waals surface area contributed by atoms with Crippen LogP contribution >= 0.6 is 0 Å². The van der Waals surface area contributed by atoms with Gasteiger partial charge in [-0.05, 0) is 48.2 Å². The molecule has 1 saturated heterocycles. The van der Waals surface area contributed by atoms with Gasteiger partial charge < -0.3 is 20.7 Å². The van der Waals surface area contributed by atoms with Crippen molar-refractivity contribution < 1.29 is 14.3 Å². The number of benzene rings is 1. The monoisotopic (exact) mass is 368 g/mol. The van der Waals surface area contributed by atoms with Gasteiger partial charge in [-0.3, -0.25) is 14.6 Å². The third-order valence-corrected chi connectivity index (χ3v) is 4.46. The number of nitrogens with zero attached hydrogens (tertiary/aromatic N) is 1. The van der Waals surface area contributed by atoms with Crippen molar-refractivity contribution in [3.05, 3.63) is 48.3 Å². The minimum atomic E-state index is -0.673. The molecule has 1 aliphatic rings. The minimum absolute atomic E-state index is 0.0707. The Morgan fingerprint density at radius 1 is 1.19 bits per heavy atom. The van der Waals surface area contributed by atoms with E-state index in [9.17, 15) is 9.59 Å². The Hall–Kier alpha value is -2.77. The highest BCUT2D eigenvalue weighted by atomic mass is 16.5. The molecule has 2 amide bonds. The first-order valence-corrected chi connectivity index (χ1v) is 9.06. The smallest absolute Gasteiger partial charge is 0.313 e. The van der Waals surface area contributed by atoms with Gasteiger partial charge in [0, 0.05) is 37.7 Å². The highest BCUT2D eigenvalue weighted by Gasteiger charge is 2.17. The molecule has 0 saturated carbocycles. The van der Waals surface area contributed by atoms with Gasteiger partial charge in [-0.25, -0.2) is 0 Å². The van der Waals surface area contributed by atoms with Crippen LogP contribution in [-0.2, 0) is 14.3 Å². The Bertz CT molecular complexity index is 789. The number of carbonyl (C=O) groups excluding carboxylic acids is 2. The van der Waals surface area contributed by atoms with E-state index in [0.29, 0.717) is 25.3 Å². The molecule has 0 aliphatic carbocycles. The zero-order valence-corrected chi connectivity index (χ0v) is 15.3. The molecule has 2 aromatic rings. The van der Waals surface area contributed by atoms with E-state index in [-0.39, 0.29) is 6.10 Å². The van der Waals surface area contributed by atoms with Crippen molar-refractivity contribution in [2.24, 2.45) is 0 Å². The Kier molecular flexibility index (Phi) is 6.51. The lowest BCUT2D eigenvalue weighted by molar-refractivity contribution is -0.136. The number of aromatic nitrogens is 1. The molecule has 1 unspecified atom stereocenters. The molecular weight excluding hydrogens is 344 g/mol. The van der Waals surface area contributed by atoms with E-state index in [0.717, 1.165) is 29.8 Å². The van der Waals surface area contributed by atoms with Crippen LogP contribution in [0.2, 0.25) is 0 Å². The van der Waals surface area contributed by atoms with Gasteiger partial charge in [0.25, 0.3) is 0 Å². The molecule has 142 valence electrons. The molecular formula is C20H24N4O3.